The average Bonchev–Trinajstić information content (AvgIpc) is 2.50. The molecule has 4 aliphatic rings. The number of nitriles is 1. The van der Waals surface area contributed by atoms with Crippen LogP contribution in [0.25, 0.3) is 0 Å². The number of ether oxygens (including phenoxy) is 1. The highest BCUT2D eigenvalue weighted by Crippen LogP contribution is 2.62. The standard InChI is InChI=1S/C20H23NO3/c21-11-14-1-3-15(4-2-14)12-24-18(22)10-19-6-16-5-17(7-19)9-20(23,8-16)13-19/h1-4,16-17,23H,5-10,12-13H2/t16-,17+,19?,20?. The van der Waals surface area contributed by atoms with Gasteiger partial charge >= 0.3 is 5.97 Å². The van der Waals surface area contributed by atoms with E-state index in [9.17, 15) is 9.90 Å². The lowest BCUT2D eigenvalue weighted by molar-refractivity contribution is -0.177. The van der Waals surface area contributed by atoms with E-state index in [-0.39, 0.29) is 18.0 Å². The molecule has 4 atom stereocenters. The summed E-state index contributed by atoms with van der Waals surface area (Å²) in [5, 5.41) is 19.6. The third-order valence-corrected chi connectivity index (χ3v) is 6.15. The summed E-state index contributed by atoms with van der Waals surface area (Å²) in [5.74, 6) is 1.01. The Labute approximate surface area is 142 Å². The molecule has 1 aromatic rings. The normalized spacial score (nSPS) is 36.3. The molecule has 4 heteroatoms. The molecule has 1 aromatic carbocycles. The monoisotopic (exact) mass is 325 g/mol. The maximum atomic E-state index is 12.4. The molecule has 4 nitrogen and oxygen atoms in total. The van der Waals surface area contributed by atoms with Crippen molar-refractivity contribution in [3.05, 3.63) is 35.4 Å². The van der Waals surface area contributed by atoms with Crippen molar-refractivity contribution in [2.75, 3.05) is 0 Å². The van der Waals surface area contributed by atoms with Crippen molar-refractivity contribution in [1.82, 2.24) is 0 Å². The lowest BCUT2D eigenvalue weighted by atomic mass is 9.47. The first-order chi connectivity index (χ1) is 11.5. The Balaban J connectivity index is 1.37. The van der Waals surface area contributed by atoms with Gasteiger partial charge in [0.25, 0.3) is 0 Å². The maximum Gasteiger partial charge on any atom is 0.306 e. The van der Waals surface area contributed by atoms with Crippen LogP contribution in [0.5, 0.6) is 0 Å². The summed E-state index contributed by atoms with van der Waals surface area (Å²) in [5.41, 5.74) is 0.927. The fraction of sp³-hybridized carbons (Fsp3) is 0.600. The highest BCUT2D eigenvalue weighted by molar-refractivity contribution is 5.70. The summed E-state index contributed by atoms with van der Waals surface area (Å²) in [6.07, 6.45) is 6.40. The van der Waals surface area contributed by atoms with Crippen LogP contribution in [-0.4, -0.2) is 16.7 Å². The van der Waals surface area contributed by atoms with Crippen molar-refractivity contribution in [2.45, 2.75) is 57.2 Å². The first kappa shape index (κ1) is 15.7. The van der Waals surface area contributed by atoms with Gasteiger partial charge in [0.1, 0.15) is 6.61 Å². The zero-order chi connectivity index (χ0) is 16.8. The topological polar surface area (TPSA) is 70.3 Å². The molecule has 4 aliphatic carbocycles. The van der Waals surface area contributed by atoms with Crippen LogP contribution < -0.4 is 0 Å². The second kappa shape index (κ2) is 5.60. The summed E-state index contributed by atoms with van der Waals surface area (Å²) in [4.78, 5) is 12.4. The Morgan fingerprint density at radius 2 is 1.88 bits per heavy atom. The molecular formula is C20H23NO3. The number of carbonyl (C=O) groups excluding carboxylic acids is 1. The molecule has 5 rings (SSSR count). The van der Waals surface area contributed by atoms with Gasteiger partial charge in [-0.25, -0.2) is 0 Å². The zero-order valence-electron chi connectivity index (χ0n) is 13.8. The SMILES string of the molecule is N#Cc1ccc(COC(=O)CC23C[C@@H]4C[C@@H](CC(O)(C4)C2)C3)cc1. The van der Waals surface area contributed by atoms with E-state index in [1.54, 1.807) is 12.1 Å². The third-order valence-electron chi connectivity index (χ3n) is 6.15. The van der Waals surface area contributed by atoms with Crippen LogP contribution in [0.4, 0.5) is 0 Å². The minimum absolute atomic E-state index is 0.0411. The number of benzene rings is 1. The van der Waals surface area contributed by atoms with E-state index in [1.165, 1.54) is 6.42 Å². The Hall–Kier alpha value is -1.86. The average molecular weight is 325 g/mol. The molecule has 126 valence electrons. The van der Waals surface area contributed by atoms with E-state index >= 15 is 0 Å². The molecule has 4 saturated carbocycles. The number of hydrogen-bond donors (Lipinski definition) is 1. The van der Waals surface area contributed by atoms with Gasteiger partial charge in [-0.1, -0.05) is 12.1 Å². The predicted molar refractivity (Wildman–Crippen MR) is 87.6 cm³/mol. The van der Waals surface area contributed by atoms with Gasteiger partial charge in [0.15, 0.2) is 0 Å². The largest absolute Gasteiger partial charge is 0.461 e. The lowest BCUT2D eigenvalue weighted by Crippen LogP contribution is -2.56. The Morgan fingerprint density at radius 1 is 1.21 bits per heavy atom. The van der Waals surface area contributed by atoms with Gasteiger partial charge in [0.05, 0.1) is 23.7 Å². The van der Waals surface area contributed by atoms with Crippen LogP contribution in [-0.2, 0) is 16.1 Å². The van der Waals surface area contributed by atoms with Gasteiger partial charge in [-0.15, -0.1) is 0 Å². The quantitative estimate of drug-likeness (QED) is 0.862. The smallest absolute Gasteiger partial charge is 0.306 e. The summed E-state index contributed by atoms with van der Waals surface area (Å²) < 4.78 is 5.47. The van der Waals surface area contributed by atoms with Crippen molar-refractivity contribution < 1.29 is 14.6 Å². The molecule has 0 aliphatic heterocycles. The van der Waals surface area contributed by atoms with Crippen LogP contribution in [0.15, 0.2) is 24.3 Å². The summed E-state index contributed by atoms with van der Waals surface area (Å²) in [6, 6.07) is 9.18. The number of carbonyl (C=O) groups is 1. The molecule has 0 radical (unpaired) electrons. The van der Waals surface area contributed by atoms with Crippen molar-refractivity contribution in [3.8, 4) is 6.07 Å². The molecule has 0 saturated heterocycles. The minimum atomic E-state index is -0.530. The van der Waals surface area contributed by atoms with E-state index in [2.05, 4.69) is 6.07 Å². The number of nitrogens with zero attached hydrogens (tertiary/aromatic N) is 1. The van der Waals surface area contributed by atoms with Gasteiger partial charge in [0.2, 0.25) is 0 Å². The molecule has 24 heavy (non-hydrogen) atoms. The van der Waals surface area contributed by atoms with Gasteiger partial charge in [-0.2, -0.15) is 5.26 Å². The third kappa shape index (κ3) is 2.93. The van der Waals surface area contributed by atoms with E-state index in [4.69, 9.17) is 10.00 Å². The maximum absolute atomic E-state index is 12.4. The van der Waals surface area contributed by atoms with Crippen LogP contribution >= 0.6 is 0 Å². The number of aliphatic hydroxyl groups is 1. The Morgan fingerprint density at radius 3 is 2.46 bits per heavy atom. The first-order valence-electron chi connectivity index (χ1n) is 8.85. The second-order valence-corrected chi connectivity index (χ2v) is 8.33. The molecule has 0 spiro atoms. The van der Waals surface area contributed by atoms with Gasteiger partial charge in [-0.05, 0) is 73.5 Å². The second-order valence-electron chi connectivity index (χ2n) is 8.33. The predicted octanol–water partition coefficient (Wildman–Crippen LogP) is 3.32. The Kier molecular flexibility index (Phi) is 3.65. The molecular weight excluding hydrogens is 302 g/mol. The first-order valence-corrected chi connectivity index (χ1v) is 8.85. The van der Waals surface area contributed by atoms with Crippen LogP contribution in [0.2, 0.25) is 0 Å². The highest BCUT2D eigenvalue weighted by Gasteiger charge is 2.57. The molecule has 0 aromatic heterocycles. The number of hydrogen-bond acceptors (Lipinski definition) is 4. The fourth-order valence-electron chi connectivity index (χ4n) is 5.81. The molecule has 2 unspecified atom stereocenters. The number of rotatable bonds is 4. The Bertz CT molecular complexity index is 674. The van der Waals surface area contributed by atoms with Crippen molar-refractivity contribution in [3.63, 3.8) is 0 Å². The van der Waals surface area contributed by atoms with Crippen molar-refractivity contribution in [2.24, 2.45) is 17.3 Å². The van der Waals surface area contributed by atoms with Gasteiger partial charge < -0.3 is 9.84 Å². The lowest BCUT2D eigenvalue weighted by Gasteiger charge is -2.60. The molecule has 0 amide bonds. The number of esters is 1. The molecule has 1 N–H and O–H groups in total. The van der Waals surface area contributed by atoms with E-state index in [0.29, 0.717) is 23.8 Å². The van der Waals surface area contributed by atoms with Crippen LogP contribution in [0.3, 0.4) is 0 Å². The summed E-state index contributed by atoms with van der Waals surface area (Å²) >= 11 is 0. The highest BCUT2D eigenvalue weighted by atomic mass is 16.5. The summed E-state index contributed by atoms with van der Waals surface area (Å²) in [7, 11) is 0. The van der Waals surface area contributed by atoms with E-state index < -0.39 is 5.60 Å². The van der Waals surface area contributed by atoms with Crippen molar-refractivity contribution >= 4 is 5.97 Å². The minimum Gasteiger partial charge on any atom is -0.461 e. The molecule has 4 bridgehead atoms. The van der Waals surface area contributed by atoms with Crippen LogP contribution in [0, 0.1) is 28.6 Å². The summed E-state index contributed by atoms with van der Waals surface area (Å²) in [6.45, 7) is 0.248. The molecule has 4 fully saturated rings. The van der Waals surface area contributed by atoms with Crippen LogP contribution in [0.1, 0.15) is 56.1 Å². The zero-order valence-corrected chi connectivity index (χ0v) is 13.8. The fourth-order valence-corrected chi connectivity index (χ4v) is 5.81. The van der Waals surface area contributed by atoms with Gasteiger partial charge in [0, 0.05) is 0 Å². The van der Waals surface area contributed by atoms with E-state index in [1.807, 2.05) is 12.1 Å². The van der Waals surface area contributed by atoms with Gasteiger partial charge in [-0.3, -0.25) is 4.79 Å². The molecule has 0 heterocycles. The van der Waals surface area contributed by atoms with E-state index in [0.717, 1.165) is 37.7 Å². The van der Waals surface area contributed by atoms with Crippen molar-refractivity contribution in [1.29, 1.82) is 5.26 Å².